The second-order valence-corrected chi connectivity index (χ2v) is 3.47. The molecule has 3 rings (SSSR count). The van der Waals surface area contributed by atoms with Crippen LogP contribution in [0.2, 0.25) is 0 Å². The zero-order valence-corrected chi connectivity index (χ0v) is 7.34. The van der Waals surface area contributed by atoms with Crippen LogP contribution in [-0.4, -0.2) is 44.3 Å². The second-order valence-electron chi connectivity index (χ2n) is 3.47. The minimum Gasteiger partial charge on any atom is -0.353 e. The van der Waals surface area contributed by atoms with Crippen LogP contribution in [0.15, 0.2) is 0 Å². The summed E-state index contributed by atoms with van der Waals surface area (Å²) in [4.78, 5) is 0. The second kappa shape index (κ2) is 2.90. The van der Waals surface area contributed by atoms with E-state index in [4.69, 9.17) is 23.7 Å². The third-order valence-corrected chi connectivity index (χ3v) is 2.57. The summed E-state index contributed by atoms with van der Waals surface area (Å²) in [5, 5.41) is 0. The van der Waals surface area contributed by atoms with Gasteiger partial charge in [0, 0.05) is 0 Å². The molecule has 0 saturated carbocycles. The Balaban J connectivity index is 1.76. The van der Waals surface area contributed by atoms with E-state index in [1.54, 1.807) is 0 Å². The fourth-order valence-electron chi connectivity index (χ4n) is 2.01. The summed E-state index contributed by atoms with van der Waals surface area (Å²) >= 11 is 0. The number of hydrogen-bond donors (Lipinski definition) is 0. The van der Waals surface area contributed by atoms with Gasteiger partial charge in [0.15, 0.2) is 12.6 Å². The molecule has 3 fully saturated rings. The first kappa shape index (κ1) is 8.14. The van der Waals surface area contributed by atoms with Crippen molar-refractivity contribution in [1.82, 2.24) is 0 Å². The molecule has 0 N–H and O–H groups in total. The van der Waals surface area contributed by atoms with E-state index in [9.17, 15) is 0 Å². The Morgan fingerprint density at radius 1 is 1.08 bits per heavy atom. The molecule has 3 aliphatic rings. The lowest BCUT2D eigenvalue weighted by molar-refractivity contribution is -0.226. The lowest BCUT2D eigenvalue weighted by Crippen LogP contribution is -2.41. The van der Waals surface area contributed by atoms with Crippen LogP contribution in [0.4, 0.5) is 0 Å². The van der Waals surface area contributed by atoms with Gasteiger partial charge < -0.3 is 23.7 Å². The molecule has 1 unspecified atom stereocenters. The van der Waals surface area contributed by atoms with Gasteiger partial charge in [0.05, 0.1) is 6.61 Å². The van der Waals surface area contributed by atoms with Gasteiger partial charge in [-0.05, 0) is 6.92 Å². The highest BCUT2D eigenvalue weighted by atomic mass is 16.8. The van der Waals surface area contributed by atoms with E-state index >= 15 is 0 Å². The maximum atomic E-state index is 5.56. The quantitative estimate of drug-likeness (QED) is 0.529. The smallest absolute Gasteiger partial charge is 0.190 e. The molecule has 0 aliphatic carbocycles. The Hall–Kier alpha value is -0.200. The van der Waals surface area contributed by atoms with Crippen LogP contribution in [-0.2, 0) is 23.7 Å². The van der Waals surface area contributed by atoms with E-state index < -0.39 is 0 Å². The molecule has 5 atom stereocenters. The Morgan fingerprint density at radius 2 is 2.00 bits per heavy atom. The summed E-state index contributed by atoms with van der Waals surface area (Å²) in [6, 6.07) is 0. The average Bonchev–Trinajstić information content (AvgIpc) is 2.60. The molecule has 5 nitrogen and oxygen atoms in total. The third kappa shape index (κ3) is 1.19. The summed E-state index contributed by atoms with van der Waals surface area (Å²) in [5.74, 6) is 0. The van der Waals surface area contributed by atoms with Gasteiger partial charge in [-0.3, -0.25) is 0 Å². The fraction of sp³-hybridized carbons (Fsp3) is 1.00. The molecule has 3 heterocycles. The van der Waals surface area contributed by atoms with Crippen LogP contribution in [0, 0.1) is 0 Å². The highest BCUT2D eigenvalue weighted by Gasteiger charge is 2.53. The molecule has 0 amide bonds. The van der Waals surface area contributed by atoms with Crippen molar-refractivity contribution in [3.63, 3.8) is 0 Å². The van der Waals surface area contributed by atoms with Crippen LogP contribution in [0.25, 0.3) is 0 Å². The number of hydrogen-bond acceptors (Lipinski definition) is 5. The van der Waals surface area contributed by atoms with Crippen LogP contribution in [0.5, 0.6) is 0 Å². The Labute approximate surface area is 75.8 Å². The average molecular weight is 188 g/mol. The van der Waals surface area contributed by atoms with Gasteiger partial charge in [0.1, 0.15) is 25.1 Å². The topological polar surface area (TPSA) is 46.2 Å². The number of rotatable bonds is 0. The van der Waals surface area contributed by atoms with Crippen LogP contribution >= 0.6 is 0 Å². The first-order valence-corrected chi connectivity index (χ1v) is 4.50. The Morgan fingerprint density at radius 3 is 2.92 bits per heavy atom. The lowest BCUT2D eigenvalue weighted by Gasteiger charge is -2.26. The number of ether oxygens (including phenoxy) is 5. The minimum absolute atomic E-state index is 0.0244. The molecular weight excluding hydrogens is 176 g/mol. The largest absolute Gasteiger partial charge is 0.353 e. The number of fused-ring (bicyclic) bond motifs is 3. The molecule has 0 aromatic heterocycles. The molecule has 74 valence electrons. The minimum atomic E-state index is -0.272. The van der Waals surface area contributed by atoms with E-state index in [1.165, 1.54) is 0 Å². The van der Waals surface area contributed by atoms with Crippen molar-refractivity contribution in [3.8, 4) is 0 Å². The summed E-state index contributed by atoms with van der Waals surface area (Å²) in [5.41, 5.74) is 0. The molecule has 0 spiro atoms. The van der Waals surface area contributed by atoms with Gasteiger partial charge in [-0.25, -0.2) is 0 Å². The van der Waals surface area contributed by atoms with E-state index in [0.29, 0.717) is 13.4 Å². The van der Waals surface area contributed by atoms with Gasteiger partial charge in [0.2, 0.25) is 0 Å². The maximum absolute atomic E-state index is 5.56. The summed E-state index contributed by atoms with van der Waals surface area (Å²) in [6.07, 6.45) is -0.599. The molecule has 3 aliphatic heterocycles. The monoisotopic (exact) mass is 188 g/mol. The predicted molar refractivity (Wildman–Crippen MR) is 39.8 cm³/mol. The van der Waals surface area contributed by atoms with Crippen molar-refractivity contribution >= 4 is 0 Å². The molecule has 5 heteroatoms. The first-order valence-electron chi connectivity index (χ1n) is 4.50. The lowest BCUT2D eigenvalue weighted by atomic mass is 10.1. The van der Waals surface area contributed by atoms with Gasteiger partial charge in [-0.2, -0.15) is 0 Å². The van der Waals surface area contributed by atoms with E-state index in [-0.39, 0.29) is 30.9 Å². The molecular formula is C8H12O5. The molecule has 0 aromatic carbocycles. The highest BCUT2D eigenvalue weighted by molar-refractivity contribution is 4.92. The van der Waals surface area contributed by atoms with Crippen molar-refractivity contribution in [2.75, 3.05) is 13.4 Å². The summed E-state index contributed by atoms with van der Waals surface area (Å²) in [7, 11) is 0. The van der Waals surface area contributed by atoms with Crippen LogP contribution < -0.4 is 0 Å². The summed E-state index contributed by atoms with van der Waals surface area (Å²) < 4.78 is 27.0. The first-order chi connectivity index (χ1) is 6.34. The standard InChI is InChI=1S/C8H12O5/c1-4-11-7-6-5(2-9-3-10-6)13-8(7)12-4/h4-8H,2-3H2,1H3/t4?,5-,6+,7-,8+/m1/s1. The van der Waals surface area contributed by atoms with Gasteiger partial charge in [0.25, 0.3) is 0 Å². The maximum Gasteiger partial charge on any atom is 0.190 e. The molecule has 13 heavy (non-hydrogen) atoms. The van der Waals surface area contributed by atoms with Gasteiger partial charge in [-0.15, -0.1) is 0 Å². The predicted octanol–water partition coefficient (Wildman–Crippen LogP) is -0.154. The molecule has 0 radical (unpaired) electrons. The fourth-order valence-corrected chi connectivity index (χ4v) is 2.01. The van der Waals surface area contributed by atoms with E-state index in [1.807, 2.05) is 6.92 Å². The van der Waals surface area contributed by atoms with Crippen LogP contribution in [0.1, 0.15) is 6.92 Å². The summed E-state index contributed by atoms with van der Waals surface area (Å²) in [6.45, 7) is 2.75. The third-order valence-electron chi connectivity index (χ3n) is 2.57. The van der Waals surface area contributed by atoms with Crippen molar-refractivity contribution in [2.24, 2.45) is 0 Å². The van der Waals surface area contributed by atoms with Gasteiger partial charge >= 0.3 is 0 Å². The van der Waals surface area contributed by atoms with Crippen molar-refractivity contribution in [2.45, 2.75) is 37.8 Å². The van der Waals surface area contributed by atoms with E-state index in [0.717, 1.165) is 0 Å². The van der Waals surface area contributed by atoms with Crippen molar-refractivity contribution < 1.29 is 23.7 Å². The zero-order valence-electron chi connectivity index (χ0n) is 7.34. The SMILES string of the molecule is CC1O[C@H]2O[C@@H]3COCO[C@@H]3[C@H]2O1. The molecule has 3 saturated heterocycles. The van der Waals surface area contributed by atoms with Gasteiger partial charge in [-0.1, -0.05) is 0 Å². The highest BCUT2D eigenvalue weighted by Crippen LogP contribution is 2.35. The normalized spacial score (nSPS) is 54.7. The van der Waals surface area contributed by atoms with Crippen LogP contribution in [0.3, 0.4) is 0 Å². The Kier molecular flexibility index (Phi) is 1.81. The van der Waals surface area contributed by atoms with E-state index in [2.05, 4.69) is 0 Å². The van der Waals surface area contributed by atoms with Crippen molar-refractivity contribution in [1.29, 1.82) is 0 Å². The Bertz CT molecular complexity index is 209. The van der Waals surface area contributed by atoms with Crippen molar-refractivity contribution in [3.05, 3.63) is 0 Å². The molecule has 0 aromatic rings. The zero-order chi connectivity index (χ0) is 8.84. The molecule has 0 bridgehead atoms.